The zero-order valence-electron chi connectivity index (χ0n) is 10.5. The van der Waals surface area contributed by atoms with Gasteiger partial charge >= 0.3 is 0 Å². The van der Waals surface area contributed by atoms with Crippen LogP contribution in [0.4, 0.5) is 0 Å². The van der Waals surface area contributed by atoms with Crippen LogP contribution in [0.2, 0.25) is 0 Å². The van der Waals surface area contributed by atoms with Crippen molar-refractivity contribution in [2.45, 2.75) is 6.92 Å². The summed E-state index contributed by atoms with van der Waals surface area (Å²) in [5.41, 5.74) is 4.01. The number of hydrogen-bond donors (Lipinski definition) is 1. The second-order valence-electron chi connectivity index (χ2n) is 4.29. The molecule has 0 saturated heterocycles. The topological polar surface area (TPSA) is 49.9 Å². The minimum absolute atomic E-state index is 0.539. The normalized spacial score (nSPS) is 11.9. The Bertz CT molecular complexity index is 744. The smallest absolute Gasteiger partial charge is 0.137 e. The van der Waals surface area contributed by atoms with E-state index in [9.17, 15) is 0 Å². The first-order valence-corrected chi connectivity index (χ1v) is 6.03. The lowest BCUT2D eigenvalue weighted by molar-refractivity contribution is 0.319. The van der Waals surface area contributed by atoms with E-state index in [1.807, 2.05) is 59.1 Å². The summed E-state index contributed by atoms with van der Waals surface area (Å²) in [6.07, 6.45) is 1.92. The molecule has 4 heteroatoms. The lowest BCUT2D eigenvalue weighted by atomic mass is 10.1. The van der Waals surface area contributed by atoms with Crippen LogP contribution in [0.5, 0.6) is 0 Å². The van der Waals surface area contributed by atoms with Crippen LogP contribution in [0.15, 0.2) is 59.9 Å². The maximum absolute atomic E-state index is 9.08. The molecule has 0 bridgehead atoms. The van der Waals surface area contributed by atoms with Crippen LogP contribution in [0.3, 0.4) is 0 Å². The van der Waals surface area contributed by atoms with E-state index in [0.29, 0.717) is 5.71 Å². The zero-order chi connectivity index (χ0) is 13.2. The maximum Gasteiger partial charge on any atom is 0.137 e. The molecule has 3 rings (SSSR count). The van der Waals surface area contributed by atoms with Crippen LogP contribution < -0.4 is 0 Å². The van der Waals surface area contributed by atoms with E-state index in [1.165, 1.54) is 0 Å². The van der Waals surface area contributed by atoms with E-state index >= 15 is 0 Å². The Morgan fingerprint density at radius 2 is 1.84 bits per heavy atom. The van der Waals surface area contributed by atoms with Crippen molar-refractivity contribution in [3.05, 3.63) is 60.4 Å². The maximum atomic E-state index is 9.08. The van der Waals surface area contributed by atoms with E-state index in [-0.39, 0.29) is 0 Å². The lowest BCUT2D eigenvalue weighted by Crippen LogP contribution is -2.02. The largest absolute Gasteiger partial charge is 0.411 e. The summed E-state index contributed by atoms with van der Waals surface area (Å²) in [5.74, 6) is 0. The summed E-state index contributed by atoms with van der Waals surface area (Å²) < 4.78 is 1.93. The van der Waals surface area contributed by atoms with Gasteiger partial charge in [0, 0.05) is 11.8 Å². The number of nitrogens with zero attached hydrogens (tertiary/aromatic N) is 3. The highest BCUT2D eigenvalue weighted by Crippen LogP contribution is 2.24. The Balaban J connectivity index is 2.36. The molecule has 0 unspecified atom stereocenters. The molecule has 0 saturated carbocycles. The van der Waals surface area contributed by atoms with E-state index in [4.69, 9.17) is 5.21 Å². The molecule has 0 aliphatic heterocycles. The van der Waals surface area contributed by atoms with Gasteiger partial charge in [0.15, 0.2) is 0 Å². The van der Waals surface area contributed by atoms with Gasteiger partial charge in [-0.2, -0.15) is 0 Å². The molecule has 0 amide bonds. The van der Waals surface area contributed by atoms with Crippen LogP contribution in [0.1, 0.15) is 12.6 Å². The van der Waals surface area contributed by atoms with E-state index < -0.39 is 0 Å². The highest BCUT2D eigenvalue weighted by molar-refractivity contribution is 6.02. The summed E-state index contributed by atoms with van der Waals surface area (Å²) >= 11 is 0. The standard InChI is InChI=1S/C15H13N3O/c1-11(17-19)15-14(12-7-3-2-4-8-12)16-13-9-5-6-10-18(13)15/h2-10,19H,1H3/b17-11-. The Kier molecular flexibility index (Phi) is 2.76. The molecule has 0 fully saturated rings. The second kappa shape index (κ2) is 4.57. The fourth-order valence-electron chi connectivity index (χ4n) is 2.19. The minimum atomic E-state index is 0.539. The first kappa shape index (κ1) is 11.5. The van der Waals surface area contributed by atoms with Crippen molar-refractivity contribution in [3.8, 4) is 11.3 Å². The van der Waals surface area contributed by atoms with Gasteiger partial charge in [-0.05, 0) is 19.1 Å². The number of fused-ring (bicyclic) bond motifs is 1. The fraction of sp³-hybridized carbons (Fsp3) is 0.0667. The molecule has 94 valence electrons. The van der Waals surface area contributed by atoms with Crippen molar-refractivity contribution >= 4 is 11.4 Å². The number of benzene rings is 1. The number of hydrogen-bond acceptors (Lipinski definition) is 3. The van der Waals surface area contributed by atoms with Crippen molar-refractivity contribution in [1.82, 2.24) is 9.38 Å². The molecule has 3 aromatic rings. The molecule has 0 radical (unpaired) electrons. The van der Waals surface area contributed by atoms with Crippen LogP contribution >= 0.6 is 0 Å². The lowest BCUT2D eigenvalue weighted by Gasteiger charge is -2.03. The summed E-state index contributed by atoms with van der Waals surface area (Å²) in [4.78, 5) is 4.62. The van der Waals surface area contributed by atoms with Gasteiger partial charge in [-0.25, -0.2) is 4.98 Å². The van der Waals surface area contributed by atoms with Gasteiger partial charge in [-0.1, -0.05) is 41.6 Å². The molecule has 2 aromatic heterocycles. The highest BCUT2D eigenvalue weighted by Gasteiger charge is 2.16. The molecule has 1 aromatic carbocycles. The Labute approximate surface area is 110 Å². The van der Waals surface area contributed by atoms with Gasteiger partial charge in [0.2, 0.25) is 0 Å². The quantitative estimate of drug-likeness (QED) is 0.432. The highest BCUT2D eigenvalue weighted by atomic mass is 16.4. The second-order valence-corrected chi connectivity index (χ2v) is 4.29. The van der Waals surface area contributed by atoms with Crippen molar-refractivity contribution < 1.29 is 5.21 Å². The molecule has 2 heterocycles. The van der Waals surface area contributed by atoms with Gasteiger partial charge in [0.05, 0.1) is 11.4 Å². The van der Waals surface area contributed by atoms with Gasteiger partial charge in [-0.3, -0.25) is 4.40 Å². The van der Waals surface area contributed by atoms with Crippen molar-refractivity contribution in [1.29, 1.82) is 0 Å². The van der Waals surface area contributed by atoms with E-state index in [1.54, 1.807) is 6.92 Å². The number of pyridine rings is 1. The third-order valence-corrected chi connectivity index (χ3v) is 3.07. The Morgan fingerprint density at radius 1 is 1.11 bits per heavy atom. The SMILES string of the molecule is C/C(=N/O)c1c(-c2ccccc2)nc2ccccn12. The summed E-state index contributed by atoms with van der Waals surface area (Å²) in [5, 5.41) is 12.4. The molecule has 1 N–H and O–H groups in total. The third kappa shape index (κ3) is 1.87. The Hall–Kier alpha value is -2.62. The number of rotatable bonds is 2. The monoisotopic (exact) mass is 251 g/mol. The minimum Gasteiger partial charge on any atom is -0.411 e. The summed E-state index contributed by atoms with van der Waals surface area (Å²) in [6, 6.07) is 15.7. The first-order chi connectivity index (χ1) is 9.31. The molecule has 4 nitrogen and oxygen atoms in total. The molecule has 0 aliphatic carbocycles. The van der Waals surface area contributed by atoms with Gasteiger partial charge in [0.25, 0.3) is 0 Å². The van der Waals surface area contributed by atoms with Crippen molar-refractivity contribution in [2.24, 2.45) is 5.16 Å². The average Bonchev–Trinajstić information content (AvgIpc) is 2.87. The molecule has 0 aliphatic rings. The van der Waals surface area contributed by atoms with E-state index in [0.717, 1.165) is 22.6 Å². The van der Waals surface area contributed by atoms with Crippen LogP contribution in [0.25, 0.3) is 16.9 Å². The summed E-state index contributed by atoms with van der Waals surface area (Å²) in [7, 11) is 0. The summed E-state index contributed by atoms with van der Waals surface area (Å²) in [6.45, 7) is 1.77. The zero-order valence-corrected chi connectivity index (χ0v) is 10.5. The van der Waals surface area contributed by atoms with Crippen molar-refractivity contribution in [2.75, 3.05) is 0 Å². The van der Waals surface area contributed by atoms with Crippen LogP contribution in [-0.2, 0) is 0 Å². The van der Waals surface area contributed by atoms with E-state index in [2.05, 4.69) is 10.1 Å². The molecule has 0 atom stereocenters. The number of oxime groups is 1. The molecular weight excluding hydrogens is 238 g/mol. The van der Waals surface area contributed by atoms with Gasteiger partial charge in [-0.15, -0.1) is 0 Å². The fourth-order valence-corrected chi connectivity index (χ4v) is 2.19. The predicted octanol–water partition coefficient (Wildman–Crippen LogP) is 3.20. The predicted molar refractivity (Wildman–Crippen MR) is 74.6 cm³/mol. The first-order valence-electron chi connectivity index (χ1n) is 6.03. The molecular formula is C15H13N3O. The van der Waals surface area contributed by atoms with Crippen molar-refractivity contribution in [3.63, 3.8) is 0 Å². The average molecular weight is 251 g/mol. The van der Waals surface area contributed by atoms with Gasteiger partial charge in [0.1, 0.15) is 11.4 Å². The number of imidazole rings is 1. The number of aromatic nitrogens is 2. The van der Waals surface area contributed by atoms with Crippen LogP contribution in [0, 0.1) is 0 Å². The third-order valence-electron chi connectivity index (χ3n) is 3.07. The Morgan fingerprint density at radius 3 is 2.58 bits per heavy atom. The van der Waals surface area contributed by atoms with Gasteiger partial charge < -0.3 is 5.21 Å². The van der Waals surface area contributed by atoms with Crippen LogP contribution in [-0.4, -0.2) is 20.3 Å². The molecule has 0 spiro atoms. The molecule has 19 heavy (non-hydrogen) atoms.